The van der Waals surface area contributed by atoms with E-state index < -0.39 is 5.79 Å². The molecule has 2 rings (SSSR count). The first-order chi connectivity index (χ1) is 13.0. The minimum absolute atomic E-state index is 0.104. The second-order valence-electron chi connectivity index (χ2n) is 9.05. The Bertz CT molecular complexity index is 421. The Morgan fingerprint density at radius 1 is 0.963 bits per heavy atom. The lowest BCUT2D eigenvalue weighted by molar-refractivity contribution is -0.158. The highest BCUT2D eigenvalue weighted by Gasteiger charge is 2.35. The van der Waals surface area contributed by atoms with Gasteiger partial charge in [0.25, 0.3) is 0 Å². The largest absolute Gasteiger partial charge is 0.463 e. The van der Waals surface area contributed by atoms with Crippen molar-refractivity contribution in [2.24, 2.45) is 11.8 Å². The fourth-order valence-corrected chi connectivity index (χ4v) is 4.16. The number of carbonyl (C=O) groups excluding carboxylic acids is 1. The molecule has 1 saturated carbocycles. The van der Waals surface area contributed by atoms with Crippen molar-refractivity contribution in [1.82, 2.24) is 0 Å². The standard InChI is InChI=1S/C23H42O4/c1-4-5-6-10-13-19-16-20(19)14-11-8-7-9-12-15-22(24)25-17-21-18-26-23(2,3)27-21/h19-21H,4-18H2,1-3H3/t19-,20+,21-/m1/s1. The van der Waals surface area contributed by atoms with Crippen molar-refractivity contribution in [3.05, 3.63) is 0 Å². The third-order valence-corrected chi connectivity index (χ3v) is 5.95. The Hall–Kier alpha value is -0.610. The van der Waals surface area contributed by atoms with Crippen LogP contribution in [0.15, 0.2) is 0 Å². The van der Waals surface area contributed by atoms with Gasteiger partial charge in [-0.3, -0.25) is 4.79 Å². The van der Waals surface area contributed by atoms with Gasteiger partial charge in [-0.2, -0.15) is 0 Å². The summed E-state index contributed by atoms with van der Waals surface area (Å²) in [6.45, 7) is 6.85. The molecule has 1 aliphatic carbocycles. The SMILES string of the molecule is CCCCCC[C@@H]1C[C@@H]1CCCCCCCC(=O)OC[C@@H]1COC(C)(C)O1. The molecule has 158 valence electrons. The molecule has 0 spiro atoms. The third-order valence-electron chi connectivity index (χ3n) is 5.95. The number of unbranched alkanes of at least 4 members (excludes halogenated alkanes) is 7. The van der Waals surface area contributed by atoms with E-state index in [0.717, 1.165) is 24.7 Å². The lowest BCUT2D eigenvalue weighted by atomic mass is 10.0. The molecule has 1 heterocycles. The molecule has 0 bridgehead atoms. The molecule has 1 saturated heterocycles. The molecule has 0 N–H and O–H groups in total. The first-order valence-corrected chi connectivity index (χ1v) is 11.5. The van der Waals surface area contributed by atoms with Crippen LogP contribution in [0, 0.1) is 11.8 Å². The summed E-state index contributed by atoms with van der Waals surface area (Å²) in [4.78, 5) is 11.8. The van der Waals surface area contributed by atoms with E-state index in [2.05, 4.69) is 6.92 Å². The molecule has 0 aromatic carbocycles. The van der Waals surface area contributed by atoms with Gasteiger partial charge in [0.15, 0.2) is 5.79 Å². The van der Waals surface area contributed by atoms with Gasteiger partial charge in [0.1, 0.15) is 12.7 Å². The average molecular weight is 383 g/mol. The van der Waals surface area contributed by atoms with E-state index in [-0.39, 0.29) is 12.1 Å². The van der Waals surface area contributed by atoms with Crippen LogP contribution >= 0.6 is 0 Å². The molecule has 2 fully saturated rings. The van der Waals surface area contributed by atoms with E-state index in [1.807, 2.05) is 13.8 Å². The Morgan fingerprint density at radius 3 is 2.22 bits per heavy atom. The van der Waals surface area contributed by atoms with Crippen LogP contribution in [0.3, 0.4) is 0 Å². The Kier molecular flexibility index (Phi) is 10.1. The summed E-state index contributed by atoms with van der Waals surface area (Å²) in [6, 6.07) is 0. The van der Waals surface area contributed by atoms with Crippen LogP contribution in [0.25, 0.3) is 0 Å². The molecule has 0 amide bonds. The zero-order valence-electron chi connectivity index (χ0n) is 18.0. The van der Waals surface area contributed by atoms with Crippen LogP contribution in [-0.4, -0.2) is 31.1 Å². The molecular weight excluding hydrogens is 340 g/mol. The van der Waals surface area contributed by atoms with E-state index in [0.29, 0.717) is 19.6 Å². The van der Waals surface area contributed by atoms with Crippen LogP contribution in [0.1, 0.15) is 104 Å². The summed E-state index contributed by atoms with van der Waals surface area (Å²) in [5, 5.41) is 0. The minimum atomic E-state index is -0.549. The van der Waals surface area contributed by atoms with Gasteiger partial charge in [-0.25, -0.2) is 0 Å². The highest BCUT2D eigenvalue weighted by atomic mass is 16.7. The van der Waals surface area contributed by atoms with E-state index in [1.54, 1.807) is 0 Å². The van der Waals surface area contributed by atoms with Crippen LogP contribution < -0.4 is 0 Å². The quantitative estimate of drug-likeness (QED) is 0.257. The summed E-state index contributed by atoms with van der Waals surface area (Å²) < 4.78 is 16.4. The van der Waals surface area contributed by atoms with E-state index in [4.69, 9.17) is 14.2 Å². The molecule has 4 nitrogen and oxygen atoms in total. The van der Waals surface area contributed by atoms with Gasteiger partial charge in [-0.15, -0.1) is 0 Å². The van der Waals surface area contributed by atoms with Crippen LogP contribution in [0.5, 0.6) is 0 Å². The molecule has 3 atom stereocenters. The molecule has 0 unspecified atom stereocenters. The van der Waals surface area contributed by atoms with Crippen LogP contribution in [-0.2, 0) is 19.0 Å². The molecule has 4 heteroatoms. The van der Waals surface area contributed by atoms with E-state index in [9.17, 15) is 4.79 Å². The number of hydrogen-bond acceptors (Lipinski definition) is 4. The highest BCUT2D eigenvalue weighted by molar-refractivity contribution is 5.69. The highest BCUT2D eigenvalue weighted by Crippen LogP contribution is 2.45. The first-order valence-electron chi connectivity index (χ1n) is 11.5. The molecule has 27 heavy (non-hydrogen) atoms. The van der Waals surface area contributed by atoms with Crippen molar-refractivity contribution in [3.8, 4) is 0 Å². The topological polar surface area (TPSA) is 44.8 Å². The first kappa shape index (κ1) is 22.7. The minimum Gasteiger partial charge on any atom is -0.463 e. The molecule has 0 radical (unpaired) electrons. The number of hydrogen-bond donors (Lipinski definition) is 0. The van der Waals surface area contributed by atoms with Crippen LogP contribution in [0.2, 0.25) is 0 Å². The Balaban J connectivity index is 1.33. The van der Waals surface area contributed by atoms with Gasteiger partial charge in [-0.05, 0) is 38.5 Å². The smallest absolute Gasteiger partial charge is 0.305 e. The summed E-state index contributed by atoms with van der Waals surface area (Å²) in [7, 11) is 0. The van der Waals surface area contributed by atoms with Crippen molar-refractivity contribution in [2.75, 3.05) is 13.2 Å². The van der Waals surface area contributed by atoms with Gasteiger partial charge in [0.05, 0.1) is 6.61 Å². The van der Waals surface area contributed by atoms with E-state index in [1.165, 1.54) is 64.2 Å². The maximum Gasteiger partial charge on any atom is 0.305 e. The third kappa shape index (κ3) is 9.94. The average Bonchev–Trinajstić information content (AvgIpc) is 3.28. The second-order valence-corrected chi connectivity index (χ2v) is 9.05. The monoisotopic (exact) mass is 382 g/mol. The van der Waals surface area contributed by atoms with Crippen molar-refractivity contribution >= 4 is 5.97 Å². The van der Waals surface area contributed by atoms with Crippen molar-refractivity contribution in [3.63, 3.8) is 0 Å². The summed E-state index contributed by atoms with van der Waals surface area (Å²) in [5.74, 6) is 1.43. The van der Waals surface area contributed by atoms with Crippen molar-refractivity contribution in [2.45, 2.75) is 116 Å². The number of rotatable bonds is 15. The van der Waals surface area contributed by atoms with Crippen molar-refractivity contribution in [1.29, 1.82) is 0 Å². The van der Waals surface area contributed by atoms with E-state index >= 15 is 0 Å². The summed E-state index contributed by atoms with van der Waals surface area (Å²) >= 11 is 0. The predicted octanol–water partition coefficient (Wildman–Crippen LogP) is 6.02. The fraction of sp³-hybridized carbons (Fsp3) is 0.957. The summed E-state index contributed by atoms with van der Waals surface area (Å²) in [6.07, 6.45) is 16.4. The van der Waals surface area contributed by atoms with Gasteiger partial charge >= 0.3 is 5.97 Å². The molecular formula is C23H42O4. The molecule has 0 aromatic rings. The number of ether oxygens (including phenoxy) is 3. The van der Waals surface area contributed by atoms with Gasteiger partial charge < -0.3 is 14.2 Å². The normalized spacial score (nSPS) is 26.3. The fourth-order valence-electron chi connectivity index (χ4n) is 4.16. The molecule has 1 aliphatic heterocycles. The zero-order valence-corrected chi connectivity index (χ0v) is 18.0. The lowest BCUT2D eigenvalue weighted by Crippen LogP contribution is -2.25. The number of esters is 1. The maximum atomic E-state index is 11.8. The maximum absolute atomic E-state index is 11.8. The molecule has 2 aliphatic rings. The van der Waals surface area contributed by atoms with Gasteiger partial charge in [0, 0.05) is 6.42 Å². The molecule has 0 aromatic heterocycles. The van der Waals surface area contributed by atoms with Crippen LogP contribution in [0.4, 0.5) is 0 Å². The zero-order chi connectivity index (χ0) is 19.5. The van der Waals surface area contributed by atoms with Gasteiger partial charge in [0.2, 0.25) is 0 Å². The Morgan fingerprint density at radius 2 is 1.59 bits per heavy atom. The van der Waals surface area contributed by atoms with Crippen molar-refractivity contribution < 1.29 is 19.0 Å². The Labute approximate surface area is 166 Å². The van der Waals surface area contributed by atoms with Gasteiger partial charge in [-0.1, -0.05) is 71.1 Å². The number of carbonyl (C=O) groups is 1. The summed E-state index contributed by atoms with van der Waals surface area (Å²) in [5.41, 5.74) is 0. The lowest BCUT2D eigenvalue weighted by Gasteiger charge is -2.16. The predicted molar refractivity (Wildman–Crippen MR) is 109 cm³/mol. The second kappa shape index (κ2) is 12.1.